The monoisotopic (exact) mass is 337 g/mol. The first-order valence-corrected chi connectivity index (χ1v) is 7.71. The van der Waals surface area contributed by atoms with E-state index in [1.165, 1.54) is 30.6 Å². The van der Waals surface area contributed by atoms with Crippen LogP contribution in [0.3, 0.4) is 0 Å². The Morgan fingerprint density at radius 2 is 1.96 bits per heavy atom. The number of benzene rings is 1. The van der Waals surface area contributed by atoms with E-state index in [1.807, 2.05) is 0 Å². The summed E-state index contributed by atoms with van der Waals surface area (Å²) in [6.07, 6.45) is 0.188. The number of carbonyl (C=O) groups excluding carboxylic acids is 1. The van der Waals surface area contributed by atoms with Crippen LogP contribution < -0.4 is 5.32 Å². The SMILES string of the molecule is COCCC(NC(=O)c1ccc(-c2ccc(F)cc2)s1)C(=O)O. The Bertz CT molecular complexity index is 684. The van der Waals surface area contributed by atoms with Crippen LogP contribution >= 0.6 is 11.3 Å². The predicted octanol–water partition coefficient (Wildman–Crippen LogP) is 2.77. The first-order valence-electron chi connectivity index (χ1n) is 6.89. The molecular formula is C16H16FNO4S. The standard InChI is InChI=1S/C16H16FNO4S/c1-22-9-8-12(16(20)21)18-15(19)14-7-6-13(23-14)10-2-4-11(17)5-3-10/h2-7,12H,8-9H2,1H3,(H,18,19)(H,20,21). The number of rotatable bonds is 7. The molecule has 1 atom stereocenters. The molecule has 0 bridgehead atoms. The van der Waals surface area contributed by atoms with Gasteiger partial charge in [-0.2, -0.15) is 0 Å². The fraction of sp³-hybridized carbons (Fsp3) is 0.250. The maximum Gasteiger partial charge on any atom is 0.326 e. The zero-order valence-electron chi connectivity index (χ0n) is 12.4. The van der Waals surface area contributed by atoms with Gasteiger partial charge in [0.1, 0.15) is 11.9 Å². The highest BCUT2D eigenvalue weighted by atomic mass is 32.1. The molecule has 0 radical (unpaired) electrons. The Balaban J connectivity index is 2.08. The summed E-state index contributed by atoms with van der Waals surface area (Å²) in [7, 11) is 1.47. The van der Waals surface area contributed by atoms with Gasteiger partial charge < -0.3 is 15.2 Å². The average molecular weight is 337 g/mol. The third kappa shape index (κ3) is 4.61. The molecule has 122 valence electrons. The number of hydrogen-bond acceptors (Lipinski definition) is 4. The summed E-state index contributed by atoms with van der Waals surface area (Å²) in [6.45, 7) is 0.239. The number of carboxylic acids is 1. The lowest BCUT2D eigenvalue weighted by Crippen LogP contribution is -2.41. The summed E-state index contributed by atoms with van der Waals surface area (Å²) in [4.78, 5) is 24.5. The Morgan fingerprint density at radius 1 is 1.26 bits per heavy atom. The number of thiophene rings is 1. The van der Waals surface area contributed by atoms with E-state index in [0.29, 0.717) is 4.88 Å². The van der Waals surface area contributed by atoms with Crippen molar-refractivity contribution < 1.29 is 23.8 Å². The van der Waals surface area contributed by atoms with Gasteiger partial charge in [0.15, 0.2) is 0 Å². The summed E-state index contributed by atoms with van der Waals surface area (Å²) in [5, 5.41) is 11.6. The van der Waals surface area contributed by atoms with Gasteiger partial charge in [0.05, 0.1) is 4.88 Å². The number of aliphatic carboxylic acids is 1. The van der Waals surface area contributed by atoms with Crippen molar-refractivity contribution in [2.75, 3.05) is 13.7 Å². The van der Waals surface area contributed by atoms with Gasteiger partial charge in [0, 0.05) is 25.0 Å². The van der Waals surface area contributed by atoms with Crippen LogP contribution in [0, 0.1) is 5.82 Å². The molecule has 1 aromatic carbocycles. The molecule has 1 unspecified atom stereocenters. The van der Waals surface area contributed by atoms with Gasteiger partial charge >= 0.3 is 5.97 Å². The lowest BCUT2D eigenvalue weighted by atomic mass is 10.2. The number of carboxylic acid groups (broad SMARTS) is 1. The van der Waals surface area contributed by atoms with Crippen LogP contribution in [0.2, 0.25) is 0 Å². The maximum absolute atomic E-state index is 12.9. The van der Waals surface area contributed by atoms with Crippen molar-refractivity contribution in [3.05, 3.63) is 47.1 Å². The number of ether oxygens (including phenoxy) is 1. The highest BCUT2D eigenvalue weighted by Crippen LogP contribution is 2.28. The first kappa shape index (κ1) is 17.1. The molecular weight excluding hydrogens is 321 g/mol. The third-order valence-corrected chi connectivity index (χ3v) is 4.31. The normalized spacial score (nSPS) is 11.9. The van der Waals surface area contributed by atoms with Gasteiger partial charge in [-0.3, -0.25) is 4.79 Å². The van der Waals surface area contributed by atoms with E-state index in [1.54, 1.807) is 24.3 Å². The lowest BCUT2D eigenvalue weighted by molar-refractivity contribution is -0.139. The number of methoxy groups -OCH3 is 1. The number of carbonyl (C=O) groups is 2. The topological polar surface area (TPSA) is 75.6 Å². The summed E-state index contributed by atoms with van der Waals surface area (Å²) in [5.41, 5.74) is 0.796. The van der Waals surface area contributed by atoms with E-state index in [0.717, 1.165) is 10.4 Å². The van der Waals surface area contributed by atoms with Crippen LogP contribution in [0.4, 0.5) is 4.39 Å². The minimum Gasteiger partial charge on any atom is -0.480 e. The van der Waals surface area contributed by atoms with Gasteiger partial charge in [-0.25, -0.2) is 9.18 Å². The molecule has 0 saturated carbocycles. The van der Waals surface area contributed by atoms with Crippen LogP contribution in [0.5, 0.6) is 0 Å². The third-order valence-electron chi connectivity index (χ3n) is 3.17. The van der Waals surface area contributed by atoms with E-state index in [2.05, 4.69) is 5.32 Å². The highest BCUT2D eigenvalue weighted by molar-refractivity contribution is 7.17. The smallest absolute Gasteiger partial charge is 0.326 e. The predicted molar refractivity (Wildman–Crippen MR) is 85.1 cm³/mol. The molecule has 2 rings (SSSR count). The molecule has 0 spiro atoms. The number of amides is 1. The van der Waals surface area contributed by atoms with Crippen molar-refractivity contribution in [2.24, 2.45) is 0 Å². The van der Waals surface area contributed by atoms with Crippen molar-refractivity contribution >= 4 is 23.2 Å². The Kier molecular flexibility index (Phi) is 5.84. The molecule has 0 aliphatic heterocycles. The lowest BCUT2D eigenvalue weighted by Gasteiger charge is -2.13. The van der Waals surface area contributed by atoms with Crippen LogP contribution in [-0.2, 0) is 9.53 Å². The molecule has 7 heteroatoms. The van der Waals surface area contributed by atoms with Crippen molar-refractivity contribution in [2.45, 2.75) is 12.5 Å². The summed E-state index contributed by atoms with van der Waals surface area (Å²) in [5.74, 6) is -1.89. The van der Waals surface area contributed by atoms with Crippen molar-refractivity contribution in [1.29, 1.82) is 0 Å². The fourth-order valence-electron chi connectivity index (χ4n) is 1.95. The van der Waals surface area contributed by atoms with E-state index in [4.69, 9.17) is 9.84 Å². The van der Waals surface area contributed by atoms with Gasteiger partial charge in [0.25, 0.3) is 5.91 Å². The van der Waals surface area contributed by atoms with E-state index in [9.17, 15) is 14.0 Å². The van der Waals surface area contributed by atoms with Crippen LogP contribution in [0.15, 0.2) is 36.4 Å². The van der Waals surface area contributed by atoms with Crippen molar-refractivity contribution in [3.8, 4) is 10.4 Å². The number of halogens is 1. The molecule has 2 aromatic rings. The molecule has 0 saturated heterocycles. The summed E-state index contributed by atoms with van der Waals surface area (Å²) >= 11 is 1.22. The molecule has 0 fully saturated rings. The number of nitrogens with one attached hydrogen (secondary N) is 1. The van der Waals surface area contributed by atoms with Crippen LogP contribution in [0.1, 0.15) is 16.1 Å². The minimum atomic E-state index is -1.11. The Labute approximate surface area is 136 Å². The average Bonchev–Trinajstić information content (AvgIpc) is 3.01. The molecule has 5 nitrogen and oxygen atoms in total. The molecule has 1 heterocycles. The molecule has 23 heavy (non-hydrogen) atoms. The second-order valence-corrected chi connectivity index (χ2v) is 5.90. The molecule has 0 aliphatic rings. The van der Waals surface area contributed by atoms with Crippen LogP contribution in [-0.4, -0.2) is 36.7 Å². The molecule has 2 N–H and O–H groups in total. The Hall–Kier alpha value is -2.25. The van der Waals surface area contributed by atoms with Crippen LogP contribution in [0.25, 0.3) is 10.4 Å². The zero-order chi connectivity index (χ0) is 16.8. The quantitative estimate of drug-likeness (QED) is 0.815. The van der Waals surface area contributed by atoms with Crippen molar-refractivity contribution in [1.82, 2.24) is 5.32 Å². The minimum absolute atomic E-state index is 0.188. The Morgan fingerprint density at radius 3 is 2.57 bits per heavy atom. The van der Waals surface area contributed by atoms with Gasteiger partial charge in [-0.15, -0.1) is 11.3 Å². The first-order chi connectivity index (χ1) is 11.0. The van der Waals surface area contributed by atoms with Crippen molar-refractivity contribution in [3.63, 3.8) is 0 Å². The molecule has 1 amide bonds. The molecule has 0 aliphatic carbocycles. The second kappa shape index (κ2) is 7.85. The molecule has 1 aromatic heterocycles. The maximum atomic E-state index is 12.9. The van der Waals surface area contributed by atoms with E-state index < -0.39 is 17.9 Å². The summed E-state index contributed by atoms with van der Waals surface area (Å²) < 4.78 is 17.8. The second-order valence-electron chi connectivity index (χ2n) is 4.82. The number of hydrogen-bond donors (Lipinski definition) is 2. The van der Waals surface area contributed by atoms with Gasteiger partial charge in [0.2, 0.25) is 0 Å². The van der Waals surface area contributed by atoms with Gasteiger partial charge in [-0.05, 0) is 29.8 Å². The highest BCUT2D eigenvalue weighted by Gasteiger charge is 2.21. The van der Waals surface area contributed by atoms with E-state index in [-0.39, 0.29) is 18.8 Å². The fourth-order valence-corrected chi connectivity index (χ4v) is 2.87. The largest absolute Gasteiger partial charge is 0.480 e. The zero-order valence-corrected chi connectivity index (χ0v) is 13.2. The summed E-state index contributed by atoms with van der Waals surface area (Å²) in [6, 6.07) is 8.31. The van der Waals surface area contributed by atoms with Gasteiger partial charge in [-0.1, -0.05) is 12.1 Å². The van der Waals surface area contributed by atoms with E-state index >= 15 is 0 Å².